The van der Waals surface area contributed by atoms with E-state index in [1.54, 1.807) is 65.2 Å². The molecule has 23 heteroatoms. The first kappa shape index (κ1) is 92.8. The van der Waals surface area contributed by atoms with Gasteiger partial charge in [-0.2, -0.15) is 11.8 Å². The van der Waals surface area contributed by atoms with Crippen LogP contribution < -0.4 is 73.5 Å². The topological polar surface area (TPSA) is 192 Å². The number of hydrogen-bond donors (Lipinski definition) is 4. The van der Waals surface area contributed by atoms with Crippen LogP contribution in [0.2, 0.25) is 0 Å². The van der Waals surface area contributed by atoms with E-state index in [4.69, 9.17) is 31.4 Å². The Hall–Kier alpha value is -9.05. The number of ether oxygens (including phenoxy) is 3. The molecule has 2 aliphatic carbocycles. The number of pyridine rings is 2. The summed E-state index contributed by atoms with van der Waals surface area (Å²) in [5.74, 6) is 2.55. The number of fused-ring (bicyclic) bond motifs is 7. The van der Waals surface area contributed by atoms with Crippen LogP contribution in [0.3, 0.4) is 0 Å². The number of anilines is 3. The summed E-state index contributed by atoms with van der Waals surface area (Å²) in [6.45, 7) is 16.7. The molecular formula is C90H123BrClN13O7S. The lowest BCUT2D eigenvalue weighted by molar-refractivity contribution is -0.671. The Bertz CT molecular complexity index is 4560. The number of quaternary nitrogens is 1. The average Bonchev–Trinajstić information content (AvgIpc) is 1.56. The Kier molecular flexibility index (Phi) is 36.1. The maximum Gasteiger partial charge on any atom is 0.414 e. The molecule has 5 aliphatic rings. The largest absolute Gasteiger partial charge is 1.00 e. The van der Waals surface area contributed by atoms with Gasteiger partial charge in [-0.1, -0.05) is 93.1 Å². The highest BCUT2D eigenvalue weighted by atomic mass is 79.9. The number of phenols is 1. The van der Waals surface area contributed by atoms with E-state index in [0.717, 1.165) is 88.9 Å². The molecule has 610 valence electrons. The number of esters is 1. The molecule has 6 heterocycles. The van der Waals surface area contributed by atoms with E-state index < -0.39 is 0 Å². The Morgan fingerprint density at radius 3 is 2.16 bits per heavy atom. The number of likely N-dealkylation sites (N-methyl/N-ethyl adjacent to an activating group) is 4. The van der Waals surface area contributed by atoms with Crippen LogP contribution in [-0.2, 0) is 42.9 Å². The van der Waals surface area contributed by atoms with Gasteiger partial charge in [0.1, 0.15) is 30.0 Å². The number of nitrogens with one attached hydrogen (secondary N) is 2. The van der Waals surface area contributed by atoms with Crippen molar-refractivity contribution in [2.24, 2.45) is 7.05 Å². The van der Waals surface area contributed by atoms with E-state index in [0.29, 0.717) is 41.2 Å². The number of nitrogen functional groups attached to an aromatic ring is 1. The third-order valence-electron chi connectivity index (χ3n) is 21.8. The summed E-state index contributed by atoms with van der Waals surface area (Å²) in [7, 11) is 22.7. The van der Waals surface area contributed by atoms with Crippen LogP contribution in [0, 0.1) is 12.5 Å². The summed E-state index contributed by atoms with van der Waals surface area (Å²) in [4.78, 5) is 56.5. The van der Waals surface area contributed by atoms with Crippen LogP contribution in [0.5, 0.6) is 23.0 Å². The Morgan fingerprint density at radius 1 is 0.841 bits per heavy atom. The van der Waals surface area contributed by atoms with Gasteiger partial charge in [-0.15, -0.1) is 0 Å². The molecule has 0 radical (unpaired) electrons. The lowest BCUT2D eigenvalue weighted by Crippen LogP contribution is -3.00. The molecule has 3 aromatic heterocycles. The molecule has 2 saturated heterocycles. The number of aromatic nitrogens is 3. The minimum absolute atomic E-state index is 0. The highest BCUT2D eigenvalue weighted by Crippen LogP contribution is 2.52. The molecule has 2 fully saturated rings. The number of carbonyl (C=O) groups excluding carboxylic acids is 3. The zero-order chi connectivity index (χ0) is 80.7. The highest BCUT2D eigenvalue weighted by molar-refractivity contribution is 7.99. The van der Waals surface area contributed by atoms with Crippen molar-refractivity contribution >= 4 is 74.5 Å². The van der Waals surface area contributed by atoms with E-state index in [2.05, 4.69) is 178 Å². The van der Waals surface area contributed by atoms with Gasteiger partial charge in [-0.25, -0.2) is 14.2 Å². The van der Waals surface area contributed by atoms with Gasteiger partial charge < -0.3 is 89.2 Å². The van der Waals surface area contributed by atoms with Crippen LogP contribution in [0.1, 0.15) is 106 Å². The van der Waals surface area contributed by atoms with Crippen molar-refractivity contribution in [2.45, 2.75) is 127 Å². The predicted molar refractivity (Wildman–Crippen MR) is 459 cm³/mol. The summed E-state index contributed by atoms with van der Waals surface area (Å²) in [6, 6.07) is 53.5. The van der Waals surface area contributed by atoms with Crippen molar-refractivity contribution in [1.82, 2.24) is 44.3 Å². The first-order valence-corrected chi connectivity index (χ1v) is 40.2. The predicted octanol–water partition coefficient (Wildman–Crippen LogP) is 8.80. The monoisotopic (exact) mass is 1640 g/mol. The number of para-hydroxylation sites is 1. The Morgan fingerprint density at radius 2 is 1.50 bits per heavy atom. The molecule has 5 N–H and O–H groups in total. The third kappa shape index (κ3) is 24.7. The van der Waals surface area contributed by atoms with Crippen LogP contribution in [0.4, 0.5) is 32.3 Å². The molecule has 20 nitrogen and oxygen atoms in total. The number of aromatic amines is 1. The molecular weight excluding hydrogens is 1520 g/mol. The van der Waals surface area contributed by atoms with Crippen LogP contribution >= 0.6 is 11.8 Å². The smallest absolute Gasteiger partial charge is 0.414 e. The van der Waals surface area contributed by atoms with Crippen LogP contribution in [0.25, 0.3) is 21.8 Å². The van der Waals surface area contributed by atoms with Gasteiger partial charge in [-0.3, -0.25) is 24.1 Å². The van der Waals surface area contributed by atoms with Crippen molar-refractivity contribution in [3.05, 3.63) is 204 Å². The van der Waals surface area contributed by atoms with Crippen molar-refractivity contribution in [3.63, 3.8) is 0 Å². The minimum atomic E-state index is -0.369. The second-order valence-electron chi connectivity index (χ2n) is 30.6. The van der Waals surface area contributed by atoms with Gasteiger partial charge in [0.25, 0.3) is 0 Å². The maximum atomic E-state index is 11.6. The standard InChI is InChI=1S/C18H24N2S.C16H23N3O2.C13H14N2.C12H18N2O2.C12H15N.C10H15NO.C9H13N2O2.BrH.ClH/c1-3-7-20-11-13(21-2)9-15-14-5-4-6-16-18(14)12(10-19-16)8-17(15)20;1-16-7-8-18(3)15(16)19(4)13-6-5-11(9-12(13)16)21-14(20)10-17-2;14-13-9-5-1-3-7-11(9)15-12-8-4-2-6-10(12)13;1-5-14(4)10-7-6-8-11(9-10)16-12(15)13(2)3;1-4-13(3)11(2)10-12-8-6-5-7-9-12;1-4-11(2,3)9-6-5-7-10(12)8-9;1-10(2)9(12)13-8-5-4-6-11(3)7-8;;/h4-6,10,13,15,17,19H,3,7-9,11H2,1-2H3;5-6,9,15,17H,7-8,10H2,1-4H3;1,3,5,7H,2,4,6,8H2,(H2,14,15);6-9H,5H2,1-4H3;1,5-9,11H,10H2,2-3H3;5-8H,4H2,1-3H3;4-7H,1-3H3;2*1H/q;;;;;;+1;;/p-1. The SMILES string of the molecule is C#CN(C)C(C)Cc1ccccc1.CCCN1CC(SC)CC2c3cccc4[nH]cc(c34)CC21.CCN(C)c1cccc(OC(=O)N(C)C)c1.CC[N+](C)(C)c1cccc(O)c1.CN(C)C(=O)Oc1ccc[n+](C)c1.CNCC(=O)Oc1ccc2c(c1)C1(C)CCN(C)C1N2C.Nc1c2c(nc3ccccc13)CCCC2.[Br-].[Cl-]. The van der Waals surface area contributed by atoms with Crippen LogP contribution in [-0.4, -0.2) is 204 Å². The quantitative estimate of drug-likeness (QED) is 0.0190. The molecule has 14 rings (SSSR count). The molecule has 6 aromatic carbocycles. The van der Waals surface area contributed by atoms with Gasteiger partial charge in [0.2, 0.25) is 6.20 Å². The summed E-state index contributed by atoms with van der Waals surface area (Å²) >= 11 is 2.05. The number of piperidine rings is 1. The number of amides is 2. The van der Waals surface area contributed by atoms with Crippen molar-refractivity contribution in [1.29, 1.82) is 0 Å². The van der Waals surface area contributed by atoms with Gasteiger partial charge in [0.15, 0.2) is 11.9 Å². The highest BCUT2D eigenvalue weighted by Gasteiger charge is 2.52. The fraction of sp³-hybridized carbons (Fsp3) is 0.433. The number of hydrogen-bond acceptors (Lipinski definition) is 16. The second kappa shape index (κ2) is 44.0. The Labute approximate surface area is 694 Å². The number of nitrogens with zero attached hydrogens (tertiary/aromatic N) is 10. The molecule has 6 unspecified atom stereocenters. The molecule has 9 aromatic rings. The van der Waals surface area contributed by atoms with Crippen LogP contribution in [0.15, 0.2) is 170 Å². The number of carbonyl (C=O) groups is 3. The average molecular weight is 1650 g/mol. The van der Waals surface area contributed by atoms with Gasteiger partial charge in [0.05, 0.1) is 38.9 Å². The van der Waals surface area contributed by atoms with E-state index in [9.17, 15) is 19.5 Å². The van der Waals surface area contributed by atoms with Crippen molar-refractivity contribution in [3.8, 4) is 35.5 Å². The number of halogens is 2. The van der Waals surface area contributed by atoms with E-state index in [1.807, 2.05) is 116 Å². The maximum absolute atomic E-state index is 11.6. The summed E-state index contributed by atoms with van der Waals surface area (Å²) in [5.41, 5.74) is 21.3. The number of nitrogens with two attached hydrogens (primary N) is 1. The zero-order valence-electron chi connectivity index (χ0n) is 69.8. The van der Waals surface area contributed by atoms with Crippen molar-refractivity contribution in [2.75, 3.05) is 139 Å². The number of thioether (sulfide) groups is 1. The van der Waals surface area contributed by atoms with E-state index in [-0.39, 0.29) is 59.5 Å². The number of rotatable bonds is 15. The normalized spacial score (nSPS) is 17.5. The number of aromatic hydroxyl groups is 1. The fourth-order valence-corrected chi connectivity index (χ4v) is 15.8. The molecule has 0 saturated carbocycles. The van der Waals surface area contributed by atoms with E-state index >= 15 is 0 Å². The number of likely N-dealkylation sites (tertiary alicyclic amines) is 2. The third-order valence-corrected chi connectivity index (χ3v) is 22.8. The first-order valence-electron chi connectivity index (χ1n) is 38.9. The summed E-state index contributed by atoms with van der Waals surface area (Å²) in [6.07, 6.45) is 23.7. The lowest BCUT2D eigenvalue weighted by Gasteiger charge is -2.46. The van der Waals surface area contributed by atoms with Gasteiger partial charge in [0, 0.05) is 167 Å². The number of terminal acetylenes is 1. The molecule has 0 bridgehead atoms. The second-order valence-corrected chi connectivity index (χ2v) is 31.7. The lowest BCUT2D eigenvalue weighted by atomic mass is 9.75. The number of aryl methyl sites for hydroxylation is 2. The summed E-state index contributed by atoms with van der Waals surface area (Å²) < 4.78 is 18.2. The zero-order valence-corrected chi connectivity index (χ0v) is 73.0. The van der Waals surface area contributed by atoms with Crippen molar-refractivity contribution < 1.29 is 67.7 Å². The molecule has 6 atom stereocenters. The minimum Gasteiger partial charge on any atom is -1.00 e. The number of benzene rings is 6. The van der Waals surface area contributed by atoms with E-state index in [1.165, 1.54) is 99.5 Å². The number of H-pyrrole nitrogens is 1. The fourth-order valence-electron chi connectivity index (χ4n) is 15.1. The molecule has 3 aliphatic heterocycles. The first-order chi connectivity index (χ1) is 53.1. The Balaban J connectivity index is 0.000000207. The summed E-state index contributed by atoms with van der Waals surface area (Å²) in [5, 5.41) is 15.5. The molecule has 2 amide bonds. The van der Waals surface area contributed by atoms with Gasteiger partial charge >= 0.3 is 18.2 Å². The molecule has 113 heavy (non-hydrogen) atoms. The number of phenolic OH excluding ortho intramolecular Hbond substituents is 1. The van der Waals surface area contributed by atoms with Gasteiger partial charge in [-0.05, 0) is 194 Å². The molecule has 0 spiro atoms.